The summed E-state index contributed by atoms with van der Waals surface area (Å²) in [4.78, 5) is 18.8. The maximum Gasteiger partial charge on any atom is 0.253 e. The summed E-state index contributed by atoms with van der Waals surface area (Å²) in [5.41, 5.74) is 2.20. The summed E-state index contributed by atoms with van der Waals surface area (Å²) >= 11 is 0. The van der Waals surface area contributed by atoms with Gasteiger partial charge in [0.1, 0.15) is 11.8 Å². The highest BCUT2D eigenvalue weighted by molar-refractivity contribution is 5.83. The van der Waals surface area contributed by atoms with Gasteiger partial charge in [-0.3, -0.25) is 9.69 Å². The van der Waals surface area contributed by atoms with Crippen molar-refractivity contribution in [2.24, 2.45) is 0 Å². The smallest absolute Gasteiger partial charge is 0.253 e. The molecule has 4 heterocycles. The molecule has 35 heavy (non-hydrogen) atoms. The number of aromatic amines is 1. The molecule has 0 radical (unpaired) electrons. The number of benzene rings is 2. The first kappa shape index (κ1) is 21.6. The van der Waals surface area contributed by atoms with Gasteiger partial charge in [0, 0.05) is 17.0 Å². The van der Waals surface area contributed by atoms with Crippen LogP contribution >= 0.6 is 0 Å². The fourth-order valence-corrected chi connectivity index (χ4v) is 4.92. The van der Waals surface area contributed by atoms with Gasteiger partial charge in [0.25, 0.3) is 5.56 Å². The number of hydrogen-bond donors (Lipinski definition) is 1. The van der Waals surface area contributed by atoms with Crippen molar-refractivity contribution in [3.05, 3.63) is 69.8 Å². The molecule has 6 rings (SSSR count). The van der Waals surface area contributed by atoms with Crippen LogP contribution in [0.5, 0.6) is 17.2 Å². The Bertz CT molecular complexity index is 1410. The van der Waals surface area contributed by atoms with E-state index in [0.717, 1.165) is 42.6 Å². The number of H-pyrrole nitrogens is 1. The molecule has 1 atom stereocenters. The fraction of sp³-hybridized carbons (Fsp3) is 0.360. The van der Waals surface area contributed by atoms with Crippen molar-refractivity contribution in [3.8, 4) is 17.2 Å². The molecule has 1 fully saturated rings. The van der Waals surface area contributed by atoms with Crippen molar-refractivity contribution < 1.29 is 14.2 Å². The van der Waals surface area contributed by atoms with Crippen LogP contribution in [-0.4, -0.2) is 57.1 Å². The molecule has 1 unspecified atom stereocenters. The molecular formula is C25H26N6O4. The number of tetrazole rings is 1. The van der Waals surface area contributed by atoms with Crippen molar-refractivity contribution in [1.29, 1.82) is 0 Å². The molecule has 1 N–H and O–H groups in total. The number of piperidine rings is 1. The van der Waals surface area contributed by atoms with Gasteiger partial charge in [-0.25, -0.2) is 4.68 Å². The molecule has 180 valence electrons. The third kappa shape index (κ3) is 4.10. The number of nitrogens with one attached hydrogen (secondary N) is 1. The maximum atomic E-state index is 13.4. The van der Waals surface area contributed by atoms with E-state index < -0.39 is 0 Å². The molecule has 1 saturated heterocycles. The third-order valence-electron chi connectivity index (χ3n) is 6.71. The Kier molecular flexibility index (Phi) is 5.57. The van der Waals surface area contributed by atoms with Crippen molar-refractivity contribution in [1.82, 2.24) is 30.1 Å². The van der Waals surface area contributed by atoms with E-state index in [4.69, 9.17) is 14.2 Å². The Morgan fingerprint density at radius 3 is 2.60 bits per heavy atom. The van der Waals surface area contributed by atoms with Crippen LogP contribution in [0.15, 0.2) is 47.3 Å². The summed E-state index contributed by atoms with van der Waals surface area (Å²) in [7, 11) is 1.65. The molecule has 0 spiro atoms. The highest BCUT2D eigenvalue weighted by atomic mass is 16.7. The van der Waals surface area contributed by atoms with Gasteiger partial charge >= 0.3 is 0 Å². The van der Waals surface area contributed by atoms with Gasteiger partial charge in [-0.15, -0.1) is 5.10 Å². The second kappa shape index (κ2) is 9.03. The predicted molar refractivity (Wildman–Crippen MR) is 128 cm³/mol. The van der Waals surface area contributed by atoms with Gasteiger partial charge in [-0.05, 0) is 66.2 Å². The van der Waals surface area contributed by atoms with E-state index >= 15 is 0 Å². The summed E-state index contributed by atoms with van der Waals surface area (Å²) in [6.07, 6.45) is 3.32. The lowest BCUT2D eigenvalue weighted by molar-refractivity contribution is 0.174. The highest BCUT2D eigenvalue weighted by Gasteiger charge is 2.31. The van der Waals surface area contributed by atoms with Crippen molar-refractivity contribution in [2.45, 2.75) is 31.8 Å². The molecular weight excluding hydrogens is 448 g/mol. The van der Waals surface area contributed by atoms with Crippen LogP contribution in [0.25, 0.3) is 10.9 Å². The van der Waals surface area contributed by atoms with E-state index in [1.807, 2.05) is 42.5 Å². The van der Waals surface area contributed by atoms with E-state index in [2.05, 4.69) is 25.4 Å². The zero-order valence-electron chi connectivity index (χ0n) is 19.4. The first-order valence-corrected chi connectivity index (χ1v) is 11.8. The van der Waals surface area contributed by atoms with Crippen molar-refractivity contribution in [3.63, 3.8) is 0 Å². The Balaban J connectivity index is 1.43. The van der Waals surface area contributed by atoms with Crippen LogP contribution < -0.4 is 19.8 Å². The first-order chi connectivity index (χ1) is 17.2. The summed E-state index contributed by atoms with van der Waals surface area (Å²) in [6, 6.07) is 13.1. The number of nitrogens with zero attached hydrogens (tertiary/aromatic N) is 5. The van der Waals surface area contributed by atoms with E-state index in [9.17, 15) is 4.79 Å². The van der Waals surface area contributed by atoms with Gasteiger partial charge in [0.2, 0.25) is 6.79 Å². The molecule has 4 aromatic rings. The highest BCUT2D eigenvalue weighted by Crippen LogP contribution is 2.36. The minimum absolute atomic E-state index is 0.161. The minimum atomic E-state index is -0.373. The van der Waals surface area contributed by atoms with Crippen LogP contribution in [0.3, 0.4) is 0 Å². The molecule has 10 heteroatoms. The number of aromatic nitrogens is 5. The predicted octanol–water partition coefficient (Wildman–Crippen LogP) is 2.88. The normalized spacial score (nSPS) is 16.5. The van der Waals surface area contributed by atoms with E-state index in [1.54, 1.807) is 11.8 Å². The van der Waals surface area contributed by atoms with Crippen molar-refractivity contribution >= 4 is 10.9 Å². The van der Waals surface area contributed by atoms with Crippen molar-refractivity contribution in [2.75, 3.05) is 27.0 Å². The van der Waals surface area contributed by atoms with Gasteiger partial charge < -0.3 is 19.2 Å². The largest absolute Gasteiger partial charge is 0.497 e. The molecule has 0 bridgehead atoms. The van der Waals surface area contributed by atoms with Gasteiger partial charge in [-0.2, -0.15) is 0 Å². The van der Waals surface area contributed by atoms with Crippen LogP contribution in [0.4, 0.5) is 0 Å². The monoisotopic (exact) mass is 474 g/mol. The molecule has 2 aromatic carbocycles. The van der Waals surface area contributed by atoms with Crippen LogP contribution in [0, 0.1) is 0 Å². The third-order valence-corrected chi connectivity index (χ3v) is 6.71. The van der Waals surface area contributed by atoms with Crippen LogP contribution in [0.1, 0.15) is 42.3 Å². The standard InChI is InChI=1S/C25H26N6O4/c1-33-18-7-5-16(6-8-18)14-31-24(27-28-29-31)23(30-9-3-2-4-10-30)19-11-17-12-21-22(35-15-34-21)13-20(17)26-25(19)32/h5-8,11-13,23H,2-4,9-10,14-15H2,1H3,(H,26,32). The number of hydrogen-bond acceptors (Lipinski definition) is 8. The lowest BCUT2D eigenvalue weighted by Crippen LogP contribution is -2.38. The Hall–Kier alpha value is -3.92. The van der Waals surface area contributed by atoms with Crippen LogP contribution in [0.2, 0.25) is 0 Å². The number of ether oxygens (including phenoxy) is 3. The number of likely N-dealkylation sites (tertiary alicyclic amines) is 1. The Labute approximate surface area is 201 Å². The fourth-order valence-electron chi connectivity index (χ4n) is 4.92. The zero-order chi connectivity index (χ0) is 23.8. The van der Waals surface area contributed by atoms with Gasteiger partial charge in [0.15, 0.2) is 17.3 Å². The molecule has 2 aliphatic rings. The zero-order valence-corrected chi connectivity index (χ0v) is 19.4. The van der Waals surface area contributed by atoms with Gasteiger partial charge in [-0.1, -0.05) is 18.6 Å². The number of fused-ring (bicyclic) bond motifs is 2. The molecule has 0 saturated carbocycles. The second-order valence-corrected chi connectivity index (χ2v) is 8.89. The SMILES string of the molecule is COc1ccc(Cn2nnnc2C(c2cc3cc4c(cc3[nH]c2=O)OCO4)N2CCCCC2)cc1. The molecule has 0 aliphatic carbocycles. The summed E-state index contributed by atoms with van der Waals surface area (Å²) in [5, 5.41) is 13.6. The Morgan fingerprint density at radius 1 is 1.06 bits per heavy atom. The summed E-state index contributed by atoms with van der Waals surface area (Å²) in [5.74, 6) is 2.75. The second-order valence-electron chi connectivity index (χ2n) is 8.89. The summed E-state index contributed by atoms with van der Waals surface area (Å²) < 4.78 is 18.1. The van der Waals surface area contributed by atoms with E-state index in [0.29, 0.717) is 34.9 Å². The number of pyridine rings is 1. The average Bonchev–Trinajstić information content (AvgIpc) is 3.54. The minimum Gasteiger partial charge on any atom is -0.497 e. The lowest BCUT2D eigenvalue weighted by atomic mass is 10.00. The first-order valence-electron chi connectivity index (χ1n) is 11.8. The quantitative estimate of drug-likeness (QED) is 0.455. The van der Waals surface area contributed by atoms with E-state index in [1.165, 1.54) is 6.42 Å². The number of rotatable bonds is 6. The maximum absolute atomic E-state index is 13.4. The Morgan fingerprint density at radius 2 is 1.83 bits per heavy atom. The molecule has 2 aromatic heterocycles. The lowest BCUT2D eigenvalue weighted by Gasteiger charge is -2.33. The van der Waals surface area contributed by atoms with Gasteiger partial charge in [0.05, 0.1) is 19.2 Å². The summed E-state index contributed by atoms with van der Waals surface area (Å²) in [6.45, 7) is 2.41. The molecule has 10 nitrogen and oxygen atoms in total. The topological polar surface area (TPSA) is 107 Å². The molecule has 2 aliphatic heterocycles. The van der Waals surface area contributed by atoms with E-state index in [-0.39, 0.29) is 18.4 Å². The molecule has 0 amide bonds. The number of methoxy groups -OCH3 is 1. The average molecular weight is 475 g/mol. The van der Waals surface area contributed by atoms with Crippen LogP contribution in [-0.2, 0) is 6.54 Å².